The fraction of sp³-hybridized carbons (Fsp3) is 0.667. The van der Waals surface area contributed by atoms with E-state index < -0.39 is 0 Å². The summed E-state index contributed by atoms with van der Waals surface area (Å²) in [6.45, 7) is 10.9. The Balaban J connectivity index is 2.70. The maximum atomic E-state index is 5.97. The molecule has 21 heavy (non-hydrogen) atoms. The molecule has 0 bridgehead atoms. The summed E-state index contributed by atoms with van der Waals surface area (Å²) in [6.07, 6.45) is 0. The molecule has 0 fully saturated rings. The van der Waals surface area contributed by atoms with Crippen molar-refractivity contribution in [1.82, 2.24) is 5.32 Å². The van der Waals surface area contributed by atoms with Crippen LogP contribution in [0.2, 0.25) is 0 Å². The molecular formula is C18H33N3. The highest BCUT2D eigenvalue weighted by molar-refractivity contribution is 5.46. The second kappa shape index (κ2) is 8.40. The quantitative estimate of drug-likeness (QED) is 0.772. The summed E-state index contributed by atoms with van der Waals surface area (Å²) in [6, 6.07) is 8.91. The van der Waals surface area contributed by atoms with E-state index in [1.165, 1.54) is 11.3 Å². The molecule has 1 aromatic rings. The van der Waals surface area contributed by atoms with Crippen molar-refractivity contribution in [3.05, 3.63) is 29.8 Å². The Kier molecular flexibility index (Phi) is 7.20. The summed E-state index contributed by atoms with van der Waals surface area (Å²) >= 11 is 0. The first-order chi connectivity index (χ1) is 9.86. The molecule has 0 saturated heterocycles. The maximum Gasteiger partial charge on any atom is 0.0444 e. The number of hydrogen-bond donors (Lipinski definition) is 2. The van der Waals surface area contributed by atoms with E-state index in [0.29, 0.717) is 24.3 Å². The summed E-state index contributed by atoms with van der Waals surface area (Å²) in [7, 11) is 4.12. The van der Waals surface area contributed by atoms with Crippen molar-refractivity contribution in [3.63, 3.8) is 0 Å². The molecule has 0 saturated carbocycles. The van der Waals surface area contributed by atoms with Crippen LogP contribution in [0.15, 0.2) is 24.3 Å². The smallest absolute Gasteiger partial charge is 0.0444 e. The summed E-state index contributed by atoms with van der Waals surface area (Å²) in [5, 5.41) is 3.66. The summed E-state index contributed by atoms with van der Waals surface area (Å²) < 4.78 is 0. The van der Waals surface area contributed by atoms with Gasteiger partial charge in [-0.05, 0) is 42.0 Å². The Bertz CT molecular complexity index is 387. The standard InChI is InChI=1S/C18H33N3/c1-13(2)17(14(3)4)12-20-18(11-19)15-7-9-16(10-8-15)21(5)6/h7-10,13-14,17-18,20H,11-12,19H2,1-6H3. The fourth-order valence-corrected chi connectivity index (χ4v) is 2.86. The van der Waals surface area contributed by atoms with E-state index >= 15 is 0 Å². The lowest BCUT2D eigenvalue weighted by atomic mass is 9.85. The zero-order chi connectivity index (χ0) is 16.0. The Morgan fingerprint density at radius 2 is 1.52 bits per heavy atom. The fourth-order valence-electron chi connectivity index (χ4n) is 2.86. The molecule has 0 heterocycles. The predicted octanol–water partition coefficient (Wildman–Crippen LogP) is 3.27. The minimum absolute atomic E-state index is 0.237. The van der Waals surface area contributed by atoms with Gasteiger partial charge < -0.3 is 16.0 Å². The Labute approximate surface area is 130 Å². The van der Waals surface area contributed by atoms with Crippen LogP contribution in [-0.4, -0.2) is 27.2 Å². The minimum atomic E-state index is 0.237. The van der Waals surface area contributed by atoms with Crippen LogP contribution in [0.25, 0.3) is 0 Å². The molecule has 0 aliphatic heterocycles. The van der Waals surface area contributed by atoms with Crippen molar-refractivity contribution >= 4 is 5.69 Å². The molecule has 1 aromatic carbocycles. The van der Waals surface area contributed by atoms with Gasteiger partial charge in [-0.2, -0.15) is 0 Å². The zero-order valence-corrected chi connectivity index (χ0v) is 14.6. The van der Waals surface area contributed by atoms with E-state index in [9.17, 15) is 0 Å². The molecular weight excluding hydrogens is 258 g/mol. The third-order valence-electron chi connectivity index (χ3n) is 4.36. The van der Waals surface area contributed by atoms with Gasteiger partial charge in [0.05, 0.1) is 0 Å². The van der Waals surface area contributed by atoms with E-state index in [0.717, 1.165) is 6.54 Å². The lowest BCUT2D eigenvalue weighted by molar-refractivity contribution is 0.266. The average Bonchev–Trinajstić information content (AvgIpc) is 2.43. The van der Waals surface area contributed by atoms with Gasteiger partial charge in [0.2, 0.25) is 0 Å². The van der Waals surface area contributed by atoms with Crippen molar-refractivity contribution in [2.75, 3.05) is 32.1 Å². The van der Waals surface area contributed by atoms with Gasteiger partial charge in [-0.1, -0.05) is 39.8 Å². The topological polar surface area (TPSA) is 41.3 Å². The van der Waals surface area contributed by atoms with Crippen LogP contribution in [0.1, 0.15) is 39.3 Å². The highest BCUT2D eigenvalue weighted by Gasteiger charge is 2.19. The largest absolute Gasteiger partial charge is 0.378 e. The average molecular weight is 291 g/mol. The third kappa shape index (κ3) is 5.33. The molecule has 0 radical (unpaired) electrons. The number of rotatable bonds is 8. The number of benzene rings is 1. The monoisotopic (exact) mass is 291 g/mol. The molecule has 0 amide bonds. The first kappa shape index (κ1) is 18.0. The SMILES string of the molecule is CC(C)C(CNC(CN)c1ccc(N(C)C)cc1)C(C)C. The van der Waals surface area contributed by atoms with E-state index in [-0.39, 0.29) is 6.04 Å². The molecule has 1 rings (SSSR count). The molecule has 0 aliphatic rings. The lowest BCUT2D eigenvalue weighted by Crippen LogP contribution is -2.35. The molecule has 0 spiro atoms. The van der Waals surface area contributed by atoms with E-state index in [2.05, 4.69) is 76.3 Å². The Morgan fingerprint density at radius 3 is 1.90 bits per heavy atom. The van der Waals surface area contributed by atoms with E-state index in [4.69, 9.17) is 5.73 Å². The van der Waals surface area contributed by atoms with Crippen LogP contribution < -0.4 is 16.0 Å². The summed E-state index contributed by atoms with van der Waals surface area (Å²) in [5.41, 5.74) is 8.46. The van der Waals surface area contributed by atoms with Crippen LogP contribution in [0.4, 0.5) is 5.69 Å². The predicted molar refractivity (Wildman–Crippen MR) is 93.7 cm³/mol. The zero-order valence-electron chi connectivity index (χ0n) is 14.6. The highest BCUT2D eigenvalue weighted by atomic mass is 15.1. The third-order valence-corrected chi connectivity index (χ3v) is 4.36. The number of nitrogens with one attached hydrogen (secondary N) is 1. The van der Waals surface area contributed by atoms with Crippen LogP contribution in [-0.2, 0) is 0 Å². The second-order valence-corrected chi connectivity index (χ2v) is 6.83. The Hall–Kier alpha value is -1.06. The lowest BCUT2D eigenvalue weighted by Gasteiger charge is -2.28. The normalized spacial score (nSPS) is 13.2. The molecule has 0 aliphatic carbocycles. The van der Waals surface area contributed by atoms with Gasteiger partial charge in [0.1, 0.15) is 0 Å². The number of hydrogen-bond acceptors (Lipinski definition) is 3. The maximum absolute atomic E-state index is 5.97. The summed E-state index contributed by atoms with van der Waals surface area (Å²) in [4.78, 5) is 2.11. The van der Waals surface area contributed by atoms with Gasteiger partial charge in [0.25, 0.3) is 0 Å². The molecule has 1 unspecified atom stereocenters. The van der Waals surface area contributed by atoms with Gasteiger partial charge in [-0.25, -0.2) is 0 Å². The first-order valence-electron chi connectivity index (χ1n) is 8.07. The number of nitrogens with two attached hydrogens (primary N) is 1. The number of nitrogens with zero attached hydrogens (tertiary/aromatic N) is 1. The molecule has 1 atom stereocenters. The van der Waals surface area contributed by atoms with Crippen LogP contribution in [0.5, 0.6) is 0 Å². The van der Waals surface area contributed by atoms with Gasteiger partial charge in [-0.15, -0.1) is 0 Å². The molecule has 0 aromatic heterocycles. The molecule has 3 N–H and O–H groups in total. The first-order valence-corrected chi connectivity index (χ1v) is 8.07. The minimum Gasteiger partial charge on any atom is -0.378 e. The van der Waals surface area contributed by atoms with Gasteiger partial charge in [-0.3, -0.25) is 0 Å². The van der Waals surface area contributed by atoms with Crippen LogP contribution >= 0.6 is 0 Å². The second-order valence-electron chi connectivity index (χ2n) is 6.83. The van der Waals surface area contributed by atoms with Gasteiger partial charge >= 0.3 is 0 Å². The summed E-state index contributed by atoms with van der Waals surface area (Å²) in [5.74, 6) is 2.05. The molecule has 3 heteroatoms. The van der Waals surface area contributed by atoms with Crippen LogP contribution in [0.3, 0.4) is 0 Å². The van der Waals surface area contributed by atoms with Gasteiger partial charge in [0.15, 0.2) is 0 Å². The van der Waals surface area contributed by atoms with Crippen molar-refractivity contribution in [2.24, 2.45) is 23.5 Å². The van der Waals surface area contributed by atoms with E-state index in [1.54, 1.807) is 0 Å². The molecule has 120 valence electrons. The van der Waals surface area contributed by atoms with E-state index in [1.807, 2.05) is 0 Å². The van der Waals surface area contributed by atoms with Crippen molar-refractivity contribution in [2.45, 2.75) is 33.7 Å². The number of anilines is 1. The van der Waals surface area contributed by atoms with Crippen molar-refractivity contribution in [3.8, 4) is 0 Å². The highest BCUT2D eigenvalue weighted by Crippen LogP contribution is 2.22. The van der Waals surface area contributed by atoms with Crippen molar-refractivity contribution in [1.29, 1.82) is 0 Å². The Morgan fingerprint density at radius 1 is 1.00 bits per heavy atom. The van der Waals surface area contributed by atoms with Gasteiger partial charge in [0, 0.05) is 32.4 Å². The van der Waals surface area contributed by atoms with Crippen LogP contribution in [0, 0.1) is 17.8 Å². The molecule has 3 nitrogen and oxygen atoms in total. The van der Waals surface area contributed by atoms with Crippen molar-refractivity contribution < 1.29 is 0 Å².